The number of hydrogen-bond donors (Lipinski definition) is 0. The molecule has 1 fully saturated rings. The average molecular weight is 408 g/mol. The van der Waals surface area contributed by atoms with Crippen molar-refractivity contribution in [1.29, 1.82) is 0 Å². The maximum absolute atomic E-state index is 13.1. The highest BCUT2D eigenvalue weighted by Gasteiger charge is 2.31. The van der Waals surface area contributed by atoms with Gasteiger partial charge in [0.25, 0.3) is 0 Å². The molecular weight excluding hydrogens is 375 g/mol. The molecule has 160 valence electrons. The Labute approximate surface area is 171 Å². The molecule has 0 atom stereocenters. The molecule has 0 spiro atoms. The summed E-state index contributed by atoms with van der Waals surface area (Å²) in [5.41, 5.74) is 0.887. The monoisotopic (exact) mass is 407 g/mol. The zero-order valence-electron chi connectivity index (χ0n) is 17.5. The van der Waals surface area contributed by atoms with Crippen molar-refractivity contribution in [3.05, 3.63) is 36.0 Å². The summed E-state index contributed by atoms with van der Waals surface area (Å²) in [6, 6.07) is 5.69. The molecule has 1 aliphatic heterocycles. The Morgan fingerprint density at radius 1 is 1.07 bits per heavy atom. The lowest BCUT2D eigenvalue weighted by atomic mass is 9.91. The number of benzene rings is 1. The SMILES string of the molecule is CCN(CC)CCCCC1CCN(c2ccnc3ccc(C(F)(F)F)cc23)CC1. The van der Waals surface area contributed by atoms with Crippen molar-refractivity contribution in [2.45, 2.75) is 52.1 Å². The predicted octanol–water partition coefficient (Wildman–Crippen LogP) is 5.98. The second-order valence-electron chi connectivity index (χ2n) is 8.01. The third kappa shape index (κ3) is 5.62. The Kier molecular flexibility index (Phi) is 7.38. The van der Waals surface area contributed by atoms with E-state index in [1.165, 1.54) is 37.9 Å². The fourth-order valence-electron chi connectivity index (χ4n) is 4.35. The van der Waals surface area contributed by atoms with Gasteiger partial charge >= 0.3 is 6.18 Å². The number of anilines is 1. The van der Waals surface area contributed by atoms with E-state index in [1.54, 1.807) is 6.20 Å². The Balaban J connectivity index is 1.59. The fraction of sp³-hybridized carbons (Fsp3) is 0.609. The first-order valence-electron chi connectivity index (χ1n) is 10.9. The summed E-state index contributed by atoms with van der Waals surface area (Å²) in [5.74, 6) is 0.724. The zero-order chi connectivity index (χ0) is 20.9. The number of pyridine rings is 1. The van der Waals surface area contributed by atoms with E-state index < -0.39 is 11.7 Å². The summed E-state index contributed by atoms with van der Waals surface area (Å²) < 4.78 is 39.4. The molecule has 0 saturated carbocycles. The van der Waals surface area contributed by atoms with Crippen LogP contribution in [-0.4, -0.2) is 42.6 Å². The molecule has 2 aromatic rings. The molecule has 0 radical (unpaired) electrons. The first-order chi connectivity index (χ1) is 13.9. The highest BCUT2D eigenvalue weighted by Crippen LogP contribution is 2.35. The van der Waals surface area contributed by atoms with Gasteiger partial charge in [-0.2, -0.15) is 13.2 Å². The molecule has 0 bridgehead atoms. The van der Waals surface area contributed by atoms with Crippen LogP contribution in [0, 0.1) is 5.92 Å². The largest absolute Gasteiger partial charge is 0.416 e. The molecule has 0 N–H and O–H groups in total. The van der Waals surface area contributed by atoms with E-state index in [0.29, 0.717) is 10.9 Å². The van der Waals surface area contributed by atoms with Crippen molar-refractivity contribution in [3.63, 3.8) is 0 Å². The van der Waals surface area contributed by atoms with Gasteiger partial charge in [0.15, 0.2) is 0 Å². The lowest BCUT2D eigenvalue weighted by Crippen LogP contribution is -2.34. The number of fused-ring (bicyclic) bond motifs is 1. The van der Waals surface area contributed by atoms with E-state index in [4.69, 9.17) is 0 Å². The minimum absolute atomic E-state index is 0.597. The van der Waals surface area contributed by atoms with Gasteiger partial charge in [-0.25, -0.2) is 0 Å². The van der Waals surface area contributed by atoms with Gasteiger partial charge in [0, 0.05) is 30.4 Å². The standard InChI is InChI=1S/C23H32F3N3/c1-3-28(4-2)14-6-5-7-18-11-15-29(16-12-18)22-10-13-27-21-9-8-19(17-20(21)22)23(24,25)26/h8-10,13,17-18H,3-7,11-12,14-16H2,1-2H3. The lowest BCUT2D eigenvalue weighted by Gasteiger charge is -2.34. The van der Waals surface area contributed by atoms with Crippen LogP contribution < -0.4 is 4.90 Å². The lowest BCUT2D eigenvalue weighted by molar-refractivity contribution is -0.137. The minimum atomic E-state index is -4.33. The van der Waals surface area contributed by atoms with E-state index in [-0.39, 0.29) is 0 Å². The molecule has 1 aliphatic rings. The van der Waals surface area contributed by atoms with Crippen LogP contribution in [0.25, 0.3) is 10.9 Å². The van der Waals surface area contributed by atoms with Crippen LogP contribution in [0.1, 0.15) is 51.5 Å². The number of rotatable bonds is 8. The molecular formula is C23H32F3N3. The van der Waals surface area contributed by atoms with Gasteiger partial charge < -0.3 is 9.80 Å². The molecule has 1 aromatic carbocycles. The summed E-state index contributed by atoms with van der Waals surface area (Å²) in [4.78, 5) is 8.95. The van der Waals surface area contributed by atoms with Crippen LogP contribution in [-0.2, 0) is 6.18 Å². The van der Waals surface area contributed by atoms with Crippen molar-refractivity contribution >= 4 is 16.6 Å². The van der Waals surface area contributed by atoms with E-state index in [1.807, 2.05) is 6.07 Å². The van der Waals surface area contributed by atoms with Crippen molar-refractivity contribution < 1.29 is 13.2 Å². The van der Waals surface area contributed by atoms with Gasteiger partial charge in [0.1, 0.15) is 0 Å². The number of unbranched alkanes of at least 4 members (excludes halogenated alkanes) is 1. The van der Waals surface area contributed by atoms with Crippen LogP contribution in [0.3, 0.4) is 0 Å². The van der Waals surface area contributed by atoms with Gasteiger partial charge in [0.2, 0.25) is 0 Å². The maximum Gasteiger partial charge on any atom is 0.416 e. The maximum atomic E-state index is 13.1. The van der Waals surface area contributed by atoms with E-state index in [0.717, 1.165) is 56.7 Å². The molecule has 0 amide bonds. The number of aromatic nitrogens is 1. The first kappa shape index (κ1) is 21.9. The molecule has 1 aromatic heterocycles. The summed E-state index contributed by atoms with van der Waals surface area (Å²) in [5, 5.41) is 0.597. The summed E-state index contributed by atoms with van der Waals surface area (Å²) in [7, 11) is 0. The van der Waals surface area contributed by atoms with E-state index in [2.05, 4.69) is 28.6 Å². The summed E-state index contributed by atoms with van der Waals surface area (Å²) >= 11 is 0. The van der Waals surface area contributed by atoms with Gasteiger partial charge in [0.05, 0.1) is 11.1 Å². The number of halogens is 3. The van der Waals surface area contributed by atoms with Gasteiger partial charge in [-0.1, -0.05) is 26.7 Å². The van der Waals surface area contributed by atoms with Crippen molar-refractivity contribution in [2.75, 3.05) is 37.6 Å². The summed E-state index contributed by atoms with van der Waals surface area (Å²) in [6.45, 7) is 9.62. The molecule has 1 saturated heterocycles. The van der Waals surface area contributed by atoms with Gasteiger partial charge in [-0.15, -0.1) is 0 Å². The van der Waals surface area contributed by atoms with Crippen molar-refractivity contribution in [3.8, 4) is 0 Å². The highest BCUT2D eigenvalue weighted by atomic mass is 19.4. The average Bonchev–Trinajstić information content (AvgIpc) is 2.73. The zero-order valence-corrected chi connectivity index (χ0v) is 17.5. The number of alkyl halides is 3. The topological polar surface area (TPSA) is 19.4 Å². The second kappa shape index (κ2) is 9.79. The third-order valence-corrected chi connectivity index (χ3v) is 6.23. The van der Waals surface area contributed by atoms with Gasteiger partial charge in [-0.05, 0) is 69.1 Å². The molecule has 29 heavy (non-hydrogen) atoms. The molecule has 6 heteroatoms. The molecule has 3 rings (SSSR count). The third-order valence-electron chi connectivity index (χ3n) is 6.23. The Morgan fingerprint density at radius 3 is 2.45 bits per heavy atom. The second-order valence-corrected chi connectivity index (χ2v) is 8.01. The highest BCUT2D eigenvalue weighted by molar-refractivity contribution is 5.92. The quantitative estimate of drug-likeness (QED) is 0.502. The van der Waals surface area contributed by atoms with E-state index >= 15 is 0 Å². The van der Waals surface area contributed by atoms with Crippen LogP contribution in [0.4, 0.5) is 18.9 Å². The Morgan fingerprint density at radius 2 is 1.79 bits per heavy atom. The normalized spacial score (nSPS) is 16.1. The first-order valence-corrected chi connectivity index (χ1v) is 10.9. The minimum Gasteiger partial charge on any atom is -0.371 e. The Hall–Kier alpha value is -1.82. The molecule has 0 unspecified atom stereocenters. The van der Waals surface area contributed by atoms with Crippen LogP contribution in [0.5, 0.6) is 0 Å². The number of piperidine rings is 1. The van der Waals surface area contributed by atoms with Gasteiger partial charge in [-0.3, -0.25) is 4.98 Å². The smallest absolute Gasteiger partial charge is 0.371 e. The Bertz CT molecular complexity index is 779. The fourth-order valence-corrected chi connectivity index (χ4v) is 4.35. The van der Waals surface area contributed by atoms with Crippen molar-refractivity contribution in [2.24, 2.45) is 5.92 Å². The van der Waals surface area contributed by atoms with Crippen molar-refractivity contribution in [1.82, 2.24) is 9.88 Å². The van der Waals surface area contributed by atoms with Crippen LogP contribution in [0.2, 0.25) is 0 Å². The molecule has 0 aliphatic carbocycles. The van der Waals surface area contributed by atoms with E-state index in [9.17, 15) is 13.2 Å². The number of hydrogen-bond acceptors (Lipinski definition) is 3. The number of nitrogens with zero attached hydrogens (tertiary/aromatic N) is 3. The summed E-state index contributed by atoms with van der Waals surface area (Å²) in [6.07, 6.45) is 3.33. The molecule has 3 nitrogen and oxygen atoms in total. The van der Waals surface area contributed by atoms with Crippen LogP contribution >= 0.6 is 0 Å². The predicted molar refractivity (Wildman–Crippen MR) is 113 cm³/mol. The molecule has 2 heterocycles. The van der Waals surface area contributed by atoms with Crippen LogP contribution in [0.15, 0.2) is 30.5 Å².